The van der Waals surface area contributed by atoms with E-state index in [0.717, 1.165) is 11.3 Å². The average Bonchev–Trinajstić information content (AvgIpc) is 2.98. The molecular formula is C11H12ClNO4S. The Kier molecular flexibility index (Phi) is 3.89. The van der Waals surface area contributed by atoms with Crippen LogP contribution in [-0.2, 0) is 14.3 Å². The Morgan fingerprint density at radius 1 is 1.56 bits per heavy atom. The Morgan fingerprint density at radius 3 is 2.83 bits per heavy atom. The molecule has 0 saturated carbocycles. The molecule has 0 aromatic carbocycles. The minimum Gasteiger partial charge on any atom is -0.467 e. The first-order valence-corrected chi connectivity index (χ1v) is 6.51. The Balaban J connectivity index is 2.15. The lowest BCUT2D eigenvalue weighted by Crippen LogP contribution is -2.55. The highest BCUT2D eigenvalue weighted by atomic mass is 35.5. The van der Waals surface area contributed by atoms with Gasteiger partial charge in [-0.05, 0) is 12.1 Å². The maximum absolute atomic E-state index is 12.0. The van der Waals surface area contributed by atoms with Crippen molar-refractivity contribution in [1.82, 2.24) is 5.32 Å². The van der Waals surface area contributed by atoms with E-state index >= 15 is 0 Å². The molecule has 18 heavy (non-hydrogen) atoms. The molecule has 0 unspecified atom stereocenters. The molecule has 0 aliphatic carbocycles. The van der Waals surface area contributed by atoms with Crippen LogP contribution in [0.25, 0.3) is 0 Å². The lowest BCUT2D eigenvalue weighted by molar-refractivity contribution is -0.148. The first-order valence-electron chi connectivity index (χ1n) is 5.31. The zero-order chi connectivity index (χ0) is 13.2. The number of carbonyl (C=O) groups is 2. The van der Waals surface area contributed by atoms with Crippen LogP contribution in [-0.4, -0.2) is 37.7 Å². The van der Waals surface area contributed by atoms with Gasteiger partial charge in [-0.15, -0.1) is 11.3 Å². The quantitative estimate of drug-likeness (QED) is 0.856. The lowest BCUT2D eigenvalue weighted by atomic mass is 9.99. The molecule has 1 aromatic heterocycles. The topological polar surface area (TPSA) is 64.6 Å². The van der Waals surface area contributed by atoms with Gasteiger partial charge in [0.15, 0.2) is 5.54 Å². The first kappa shape index (κ1) is 13.3. The summed E-state index contributed by atoms with van der Waals surface area (Å²) in [5, 5.41) is 2.69. The molecule has 0 radical (unpaired) electrons. The molecule has 5 nitrogen and oxygen atoms in total. The van der Waals surface area contributed by atoms with Gasteiger partial charge in [0.05, 0.1) is 22.9 Å². The fourth-order valence-corrected chi connectivity index (χ4v) is 2.72. The molecule has 1 aromatic rings. The van der Waals surface area contributed by atoms with Crippen molar-refractivity contribution >= 4 is 34.8 Å². The molecule has 1 aliphatic rings. The van der Waals surface area contributed by atoms with Crippen LogP contribution in [0.15, 0.2) is 12.1 Å². The van der Waals surface area contributed by atoms with Crippen LogP contribution in [0.5, 0.6) is 0 Å². The second-order valence-corrected chi connectivity index (χ2v) is 5.65. The first-order chi connectivity index (χ1) is 8.57. The number of ether oxygens (including phenoxy) is 2. The number of hydrogen-bond donors (Lipinski definition) is 1. The number of hydrogen-bond acceptors (Lipinski definition) is 5. The lowest BCUT2D eigenvalue weighted by Gasteiger charge is -2.25. The number of amides is 1. The van der Waals surface area contributed by atoms with Gasteiger partial charge in [-0.3, -0.25) is 4.79 Å². The number of carbonyl (C=O) groups excluding carboxylic acids is 2. The summed E-state index contributed by atoms with van der Waals surface area (Å²) in [7, 11) is 1.29. The van der Waals surface area contributed by atoms with Crippen LogP contribution in [0.3, 0.4) is 0 Å². The van der Waals surface area contributed by atoms with Crippen molar-refractivity contribution < 1.29 is 19.1 Å². The summed E-state index contributed by atoms with van der Waals surface area (Å²) in [5.41, 5.74) is -1.08. The van der Waals surface area contributed by atoms with Gasteiger partial charge in [-0.1, -0.05) is 11.6 Å². The number of rotatable bonds is 3. The third-order valence-electron chi connectivity index (χ3n) is 2.75. The molecule has 1 saturated heterocycles. The van der Waals surface area contributed by atoms with Crippen molar-refractivity contribution in [3.63, 3.8) is 0 Å². The number of halogens is 1. The van der Waals surface area contributed by atoms with Gasteiger partial charge in [0.1, 0.15) is 0 Å². The third kappa shape index (κ3) is 2.50. The number of esters is 1. The molecule has 1 fully saturated rings. The zero-order valence-corrected chi connectivity index (χ0v) is 11.3. The highest BCUT2D eigenvalue weighted by Gasteiger charge is 2.45. The molecular weight excluding hydrogens is 278 g/mol. The highest BCUT2D eigenvalue weighted by Crippen LogP contribution is 2.24. The Hall–Kier alpha value is -1.11. The van der Waals surface area contributed by atoms with E-state index in [9.17, 15) is 9.59 Å². The molecule has 0 bridgehead atoms. The second kappa shape index (κ2) is 5.26. The Labute approximate surface area is 113 Å². The summed E-state index contributed by atoms with van der Waals surface area (Å²) in [5.74, 6) is -0.834. The monoisotopic (exact) mass is 289 g/mol. The fourth-order valence-electron chi connectivity index (χ4n) is 1.79. The van der Waals surface area contributed by atoms with Gasteiger partial charge in [0.2, 0.25) is 0 Å². The summed E-state index contributed by atoms with van der Waals surface area (Å²) in [4.78, 5) is 24.2. The van der Waals surface area contributed by atoms with Crippen LogP contribution in [0.2, 0.25) is 4.34 Å². The minimum absolute atomic E-state index is 0.129. The van der Waals surface area contributed by atoms with Crippen LogP contribution >= 0.6 is 22.9 Å². The van der Waals surface area contributed by atoms with Crippen molar-refractivity contribution in [3.05, 3.63) is 21.3 Å². The molecule has 0 spiro atoms. The fraction of sp³-hybridized carbons (Fsp3) is 0.455. The van der Waals surface area contributed by atoms with Crippen molar-refractivity contribution in [2.45, 2.75) is 12.0 Å². The smallest absolute Gasteiger partial charge is 0.334 e. The minimum atomic E-state index is -1.08. The van der Waals surface area contributed by atoms with E-state index in [1.807, 2.05) is 0 Å². The summed E-state index contributed by atoms with van der Waals surface area (Å²) in [6.45, 7) is 0.547. The van der Waals surface area contributed by atoms with Crippen LogP contribution in [0, 0.1) is 0 Å². The second-order valence-electron chi connectivity index (χ2n) is 3.93. The van der Waals surface area contributed by atoms with Crippen molar-refractivity contribution in [2.75, 3.05) is 20.3 Å². The standard InChI is InChI=1S/C11H12ClNO4S/c1-16-10(15)11(4-5-17-6-11)13-9(14)7-2-3-8(12)18-7/h2-3H,4-6H2,1H3,(H,13,14)/t11-/m0/s1. The molecule has 2 rings (SSSR count). The van der Waals surface area contributed by atoms with Gasteiger partial charge in [-0.2, -0.15) is 0 Å². The van der Waals surface area contributed by atoms with Gasteiger partial charge < -0.3 is 14.8 Å². The van der Waals surface area contributed by atoms with E-state index in [1.165, 1.54) is 7.11 Å². The van der Waals surface area contributed by atoms with Crippen molar-refractivity contribution in [1.29, 1.82) is 0 Å². The maximum Gasteiger partial charge on any atom is 0.334 e. The number of thiophene rings is 1. The molecule has 2 heterocycles. The number of methoxy groups -OCH3 is 1. The van der Waals surface area contributed by atoms with Gasteiger partial charge in [-0.25, -0.2) is 4.79 Å². The SMILES string of the molecule is COC(=O)[C@]1(NC(=O)c2ccc(Cl)s2)CCOC1. The van der Waals surface area contributed by atoms with E-state index < -0.39 is 11.5 Å². The van der Waals surface area contributed by atoms with E-state index in [4.69, 9.17) is 21.1 Å². The number of nitrogens with one attached hydrogen (secondary N) is 1. The largest absolute Gasteiger partial charge is 0.467 e. The Morgan fingerprint density at radius 2 is 2.33 bits per heavy atom. The van der Waals surface area contributed by atoms with Crippen molar-refractivity contribution in [3.8, 4) is 0 Å². The zero-order valence-electron chi connectivity index (χ0n) is 9.70. The van der Waals surface area contributed by atoms with Crippen LogP contribution in [0.1, 0.15) is 16.1 Å². The highest BCUT2D eigenvalue weighted by molar-refractivity contribution is 7.18. The summed E-state index contributed by atoms with van der Waals surface area (Å²) in [6.07, 6.45) is 0.407. The normalized spacial score (nSPS) is 22.8. The molecule has 98 valence electrons. The summed E-state index contributed by atoms with van der Waals surface area (Å²) >= 11 is 6.93. The predicted molar refractivity (Wildman–Crippen MR) is 67.0 cm³/mol. The predicted octanol–water partition coefficient (Wildman–Crippen LogP) is 1.46. The van der Waals surface area contributed by atoms with Crippen LogP contribution < -0.4 is 5.32 Å². The van der Waals surface area contributed by atoms with Crippen molar-refractivity contribution in [2.24, 2.45) is 0 Å². The molecule has 7 heteroatoms. The molecule has 1 aliphatic heterocycles. The van der Waals surface area contributed by atoms with E-state index in [0.29, 0.717) is 22.2 Å². The van der Waals surface area contributed by atoms with Gasteiger partial charge in [0, 0.05) is 13.0 Å². The third-order valence-corrected chi connectivity index (χ3v) is 3.98. The van der Waals surface area contributed by atoms with Gasteiger partial charge >= 0.3 is 5.97 Å². The summed E-state index contributed by atoms with van der Waals surface area (Å²) in [6, 6.07) is 3.25. The summed E-state index contributed by atoms with van der Waals surface area (Å²) < 4.78 is 10.4. The average molecular weight is 290 g/mol. The van der Waals surface area contributed by atoms with E-state index in [2.05, 4.69) is 5.32 Å². The Bertz CT molecular complexity index is 467. The van der Waals surface area contributed by atoms with E-state index in [-0.39, 0.29) is 12.5 Å². The van der Waals surface area contributed by atoms with E-state index in [1.54, 1.807) is 12.1 Å². The maximum atomic E-state index is 12.0. The van der Waals surface area contributed by atoms with Crippen LogP contribution in [0.4, 0.5) is 0 Å². The van der Waals surface area contributed by atoms with Gasteiger partial charge in [0.25, 0.3) is 5.91 Å². The molecule has 1 atom stereocenters. The molecule has 1 N–H and O–H groups in total. The molecule has 1 amide bonds.